The maximum absolute atomic E-state index is 13.0. The first-order valence-electron chi connectivity index (χ1n) is 8.14. The summed E-state index contributed by atoms with van der Waals surface area (Å²) in [5.74, 6) is 0.886. The van der Waals surface area contributed by atoms with Gasteiger partial charge in [0, 0.05) is 31.6 Å². The van der Waals surface area contributed by atoms with E-state index in [1.165, 1.54) is 0 Å². The van der Waals surface area contributed by atoms with Crippen LogP contribution in [0.25, 0.3) is 0 Å². The molecule has 4 rings (SSSR count). The van der Waals surface area contributed by atoms with Crippen molar-refractivity contribution in [1.29, 1.82) is 0 Å². The van der Waals surface area contributed by atoms with Crippen molar-refractivity contribution in [2.24, 2.45) is 0 Å². The number of hydrogen-bond acceptors (Lipinski definition) is 3. The molecule has 2 heterocycles. The van der Waals surface area contributed by atoms with Crippen LogP contribution in [0.15, 0.2) is 48.5 Å². The zero-order valence-electron chi connectivity index (χ0n) is 13.5. The number of anilines is 1. The van der Waals surface area contributed by atoms with Crippen molar-refractivity contribution < 1.29 is 9.53 Å². The van der Waals surface area contributed by atoms with Crippen LogP contribution in [0.2, 0.25) is 5.02 Å². The molecule has 1 fully saturated rings. The predicted molar refractivity (Wildman–Crippen MR) is 94.5 cm³/mol. The Morgan fingerprint density at radius 1 is 1.17 bits per heavy atom. The van der Waals surface area contributed by atoms with Crippen molar-refractivity contribution in [3.63, 3.8) is 0 Å². The lowest BCUT2D eigenvalue weighted by Crippen LogP contribution is -2.44. The van der Waals surface area contributed by atoms with E-state index in [2.05, 4.69) is 4.90 Å². The maximum atomic E-state index is 13.0. The molecule has 2 bridgehead atoms. The number of para-hydroxylation sites is 2. The van der Waals surface area contributed by atoms with E-state index in [1.807, 2.05) is 55.6 Å². The van der Waals surface area contributed by atoms with Crippen LogP contribution in [0.4, 0.5) is 5.69 Å². The van der Waals surface area contributed by atoms with Gasteiger partial charge in [0.15, 0.2) is 0 Å². The van der Waals surface area contributed by atoms with Crippen LogP contribution in [0.5, 0.6) is 5.75 Å². The number of hydrogen-bond donors (Lipinski definition) is 0. The van der Waals surface area contributed by atoms with Crippen LogP contribution in [-0.2, 0) is 11.3 Å². The van der Waals surface area contributed by atoms with Crippen molar-refractivity contribution in [3.8, 4) is 5.75 Å². The second-order valence-corrected chi connectivity index (χ2v) is 6.78. The molecule has 24 heavy (non-hydrogen) atoms. The number of halogens is 1. The lowest BCUT2D eigenvalue weighted by molar-refractivity contribution is -0.122. The van der Waals surface area contributed by atoms with Gasteiger partial charge >= 0.3 is 0 Å². The molecule has 0 unspecified atom stereocenters. The topological polar surface area (TPSA) is 32.8 Å². The highest BCUT2D eigenvalue weighted by Gasteiger charge is 2.41. The normalized spacial score (nSPS) is 23.4. The van der Waals surface area contributed by atoms with Crippen LogP contribution in [0, 0.1) is 0 Å². The highest BCUT2D eigenvalue weighted by atomic mass is 35.5. The van der Waals surface area contributed by atoms with Crippen LogP contribution < -0.4 is 9.64 Å². The molecule has 0 spiro atoms. The van der Waals surface area contributed by atoms with Gasteiger partial charge in [0.05, 0.1) is 11.7 Å². The van der Waals surface area contributed by atoms with Gasteiger partial charge in [-0.05, 0) is 23.8 Å². The molecule has 5 heteroatoms. The van der Waals surface area contributed by atoms with Crippen molar-refractivity contribution in [3.05, 3.63) is 59.1 Å². The summed E-state index contributed by atoms with van der Waals surface area (Å²) in [6, 6.07) is 15.3. The molecular weight excluding hydrogens is 324 g/mol. The number of ether oxygens (including phenoxy) is 1. The molecule has 0 N–H and O–H groups in total. The molecule has 2 aliphatic heterocycles. The first-order chi connectivity index (χ1) is 11.6. The molecule has 1 saturated heterocycles. The van der Waals surface area contributed by atoms with Gasteiger partial charge in [-0.25, -0.2) is 0 Å². The zero-order chi connectivity index (χ0) is 16.7. The highest BCUT2D eigenvalue weighted by molar-refractivity contribution is 6.31. The summed E-state index contributed by atoms with van der Waals surface area (Å²) in [5.41, 5.74) is 1.87. The van der Waals surface area contributed by atoms with Gasteiger partial charge in [-0.2, -0.15) is 0 Å². The van der Waals surface area contributed by atoms with E-state index in [1.54, 1.807) is 4.90 Å². The largest absolute Gasteiger partial charge is 0.487 e. The Hall–Kier alpha value is -2.04. The minimum Gasteiger partial charge on any atom is -0.487 e. The third kappa shape index (κ3) is 2.66. The number of amides is 1. The lowest BCUT2D eigenvalue weighted by Gasteiger charge is -2.29. The van der Waals surface area contributed by atoms with E-state index >= 15 is 0 Å². The Labute approximate surface area is 146 Å². The van der Waals surface area contributed by atoms with E-state index in [-0.39, 0.29) is 18.1 Å². The Morgan fingerprint density at radius 3 is 2.75 bits per heavy atom. The standard InChI is InChI=1S/C19H19ClN2O2/c1-21-16-8-4-5-9-18(16)24-14-10-17(19(21)23)22(12-14)11-13-6-2-3-7-15(13)20/h2-9,14,17H,10-12H2,1H3/t14-,17-/m0/s1. The smallest absolute Gasteiger partial charge is 0.244 e. The van der Waals surface area contributed by atoms with Gasteiger partial charge in [-0.1, -0.05) is 41.9 Å². The van der Waals surface area contributed by atoms with Crippen LogP contribution in [-0.4, -0.2) is 36.5 Å². The number of fused-ring (bicyclic) bond motifs is 3. The van der Waals surface area contributed by atoms with Gasteiger partial charge in [0.2, 0.25) is 5.91 Å². The Morgan fingerprint density at radius 2 is 1.92 bits per heavy atom. The molecule has 124 valence electrons. The molecule has 0 aliphatic carbocycles. The monoisotopic (exact) mass is 342 g/mol. The van der Waals surface area contributed by atoms with Gasteiger partial charge < -0.3 is 9.64 Å². The molecule has 1 amide bonds. The maximum Gasteiger partial charge on any atom is 0.244 e. The highest BCUT2D eigenvalue weighted by Crippen LogP contribution is 2.36. The molecule has 2 aromatic carbocycles. The molecule has 4 nitrogen and oxygen atoms in total. The summed E-state index contributed by atoms with van der Waals surface area (Å²) in [6.45, 7) is 1.38. The number of nitrogens with zero attached hydrogens (tertiary/aromatic N) is 2. The van der Waals surface area contributed by atoms with Crippen molar-refractivity contribution >= 4 is 23.2 Å². The summed E-state index contributed by atoms with van der Waals surface area (Å²) in [4.78, 5) is 16.9. The molecule has 2 aliphatic rings. The van der Waals surface area contributed by atoms with E-state index in [0.717, 1.165) is 28.6 Å². The first-order valence-corrected chi connectivity index (χ1v) is 8.52. The molecule has 0 radical (unpaired) electrons. The number of rotatable bonds is 2. The van der Waals surface area contributed by atoms with E-state index in [9.17, 15) is 4.79 Å². The fraction of sp³-hybridized carbons (Fsp3) is 0.316. The summed E-state index contributed by atoms with van der Waals surface area (Å²) in [7, 11) is 1.82. The van der Waals surface area contributed by atoms with Crippen molar-refractivity contribution in [1.82, 2.24) is 4.90 Å². The second kappa shape index (κ2) is 6.11. The fourth-order valence-electron chi connectivity index (χ4n) is 3.58. The summed E-state index contributed by atoms with van der Waals surface area (Å²) in [6.07, 6.45) is 0.735. The van der Waals surface area contributed by atoms with Crippen LogP contribution in [0.3, 0.4) is 0 Å². The minimum absolute atomic E-state index is 0.0243. The van der Waals surface area contributed by atoms with Gasteiger partial charge in [-0.15, -0.1) is 0 Å². The predicted octanol–water partition coefficient (Wildman–Crippen LogP) is 3.34. The Bertz CT molecular complexity index is 779. The lowest BCUT2D eigenvalue weighted by atomic mass is 10.1. The third-order valence-corrected chi connectivity index (χ3v) is 5.20. The number of benzene rings is 2. The zero-order valence-corrected chi connectivity index (χ0v) is 14.2. The summed E-state index contributed by atoms with van der Waals surface area (Å²) < 4.78 is 6.18. The van der Waals surface area contributed by atoms with Gasteiger partial charge in [-0.3, -0.25) is 9.69 Å². The SMILES string of the molecule is CN1C(=O)[C@@H]2C[C@@H](CN2Cc2ccccc2Cl)Oc2ccccc21. The van der Waals surface area contributed by atoms with Crippen LogP contribution in [0.1, 0.15) is 12.0 Å². The quantitative estimate of drug-likeness (QED) is 0.839. The van der Waals surface area contributed by atoms with E-state index in [4.69, 9.17) is 16.3 Å². The third-order valence-electron chi connectivity index (χ3n) is 4.83. The molecule has 0 aromatic heterocycles. The molecule has 2 aromatic rings. The number of carbonyl (C=O) groups excluding carboxylic acids is 1. The Balaban J connectivity index is 1.64. The van der Waals surface area contributed by atoms with E-state index < -0.39 is 0 Å². The van der Waals surface area contributed by atoms with Crippen molar-refractivity contribution in [2.75, 3.05) is 18.5 Å². The van der Waals surface area contributed by atoms with Gasteiger partial charge in [0.1, 0.15) is 11.9 Å². The first kappa shape index (κ1) is 15.5. The summed E-state index contributed by atoms with van der Waals surface area (Å²) >= 11 is 6.29. The van der Waals surface area contributed by atoms with Crippen LogP contribution >= 0.6 is 11.6 Å². The minimum atomic E-state index is -0.176. The second-order valence-electron chi connectivity index (χ2n) is 6.38. The number of carbonyl (C=O) groups is 1. The van der Waals surface area contributed by atoms with Crippen molar-refractivity contribution in [2.45, 2.75) is 25.1 Å². The van der Waals surface area contributed by atoms with E-state index in [0.29, 0.717) is 13.0 Å². The number of likely N-dealkylation sites (N-methyl/N-ethyl adjacent to an activating group) is 1. The summed E-state index contributed by atoms with van der Waals surface area (Å²) in [5, 5.41) is 0.736. The molecule has 0 saturated carbocycles. The van der Waals surface area contributed by atoms with Gasteiger partial charge in [0.25, 0.3) is 0 Å². The molecular formula is C19H19ClN2O2. The Kier molecular flexibility index (Phi) is 3.94. The number of likely N-dealkylation sites (tertiary alicyclic amines) is 1. The molecule has 2 atom stereocenters. The fourth-order valence-corrected chi connectivity index (χ4v) is 3.78. The average Bonchev–Trinajstić information content (AvgIpc) is 2.99. The average molecular weight is 343 g/mol.